The van der Waals surface area contributed by atoms with Crippen LogP contribution in [0.1, 0.15) is 59.6 Å². The number of rotatable bonds is 8. The van der Waals surface area contributed by atoms with Crippen LogP contribution in [0.4, 0.5) is 18.9 Å². The summed E-state index contributed by atoms with van der Waals surface area (Å²) >= 11 is 1.41. The van der Waals surface area contributed by atoms with E-state index in [-0.39, 0.29) is 41.9 Å². The van der Waals surface area contributed by atoms with E-state index in [2.05, 4.69) is 10.3 Å². The highest BCUT2D eigenvalue weighted by Crippen LogP contribution is 2.32. The number of hydrogen-bond acceptors (Lipinski definition) is 5. The number of halogens is 3. The topological polar surface area (TPSA) is 79.4 Å². The number of thiazole rings is 1. The van der Waals surface area contributed by atoms with Crippen molar-refractivity contribution in [3.05, 3.63) is 70.2 Å². The number of piperidine rings is 1. The minimum Gasteiger partial charge on any atom is -0.343 e. The number of carbonyl (C=O) groups is 3. The smallest absolute Gasteiger partial charge is 0.343 e. The van der Waals surface area contributed by atoms with Crippen LogP contribution < -0.4 is 5.32 Å². The van der Waals surface area contributed by atoms with E-state index < -0.39 is 12.6 Å². The van der Waals surface area contributed by atoms with E-state index in [0.29, 0.717) is 35.6 Å². The van der Waals surface area contributed by atoms with Crippen LogP contribution in [-0.4, -0.2) is 46.7 Å². The average molecular weight is 544 g/mol. The molecule has 1 fully saturated rings. The Balaban J connectivity index is 1.38. The first kappa shape index (κ1) is 27.5. The van der Waals surface area contributed by atoms with Crippen molar-refractivity contribution in [3.8, 4) is 11.1 Å². The van der Waals surface area contributed by atoms with Crippen molar-refractivity contribution in [3.63, 3.8) is 0 Å². The van der Waals surface area contributed by atoms with Gasteiger partial charge in [-0.15, -0.1) is 11.3 Å². The number of amides is 2. The normalized spacial score (nSPS) is 14.4. The Morgan fingerprint density at radius 3 is 2.37 bits per heavy atom. The highest BCUT2D eigenvalue weighted by Gasteiger charge is 2.28. The number of carbonyl (C=O) groups excluding carboxylic acids is 3. The molecular weight excluding hydrogens is 515 g/mol. The first-order valence-electron chi connectivity index (χ1n) is 12.4. The Kier molecular flexibility index (Phi) is 8.61. The molecular formula is C28H28F3N3O3S. The number of ketones is 1. The van der Waals surface area contributed by atoms with Gasteiger partial charge in [-0.3, -0.25) is 9.59 Å². The molecule has 38 heavy (non-hydrogen) atoms. The third-order valence-electron chi connectivity index (χ3n) is 6.49. The number of para-hydroxylation sites is 1. The molecule has 2 aromatic carbocycles. The van der Waals surface area contributed by atoms with Crippen molar-refractivity contribution in [1.82, 2.24) is 9.88 Å². The largest absolute Gasteiger partial charge is 0.393 e. The molecule has 1 aliphatic rings. The van der Waals surface area contributed by atoms with Crippen molar-refractivity contribution in [2.24, 2.45) is 0 Å². The van der Waals surface area contributed by atoms with Gasteiger partial charge in [-0.25, -0.2) is 4.98 Å². The lowest BCUT2D eigenvalue weighted by Gasteiger charge is -2.31. The SMILES string of the molecule is CC(=O)CCC(=O)N1CCC(c2nc(C(=O)Nc3ccccc3-c3ccc(CC(F)(F)F)cc3)cs2)CC1. The van der Waals surface area contributed by atoms with Gasteiger partial charge >= 0.3 is 6.18 Å². The van der Waals surface area contributed by atoms with Crippen LogP contribution in [0.2, 0.25) is 0 Å². The third kappa shape index (κ3) is 7.28. The van der Waals surface area contributed by atoms with Gasteiger partial charge in [0.1, 0.15) is 11.5 Å². The summed E-state index contributed by atoms with van der Waals surface area (Å²) < 4.78 is 38.0. The molecule has 1 aromatic heterocycles. The molecule has 0 radical (unpaired) electrons. The van der Waals surface area contributed by atoms with E-state index in [1.165, 1.54) is 30.4 Å². The predicted molar refractivity (Wildman–Crippen MR) is 140 cm³/mol. The highest BCUT2D eigenvalue weighted by molar-refractivity contribution is 7.10. The number of nitrogens with one attached hydrogen (secondary N) is 1. The van der Waals surface area contributed by atoms with E-state index in [9.17, 15) is 27.6 Å². The first-order chi connectivity index (χ1) is 18.1. The molecule has 0 aliphatic carbocycles. The number of anilines is 1. The maximum absolute atomic E-state index is 13.0. The molecule has 2 amide bonds. The molecule has 0 unspecified atom stereocenters. The number of nitrogens with zero attached hydrogens (tertiary/aromatic N) is 2. The minimum absolute atomic E-state index is 0.00305. The zero-order valence-corrected chi connectivity index (χ0v) is 21.7. The Labute approximate surface area is 222 Å². The van der Waals surface area contributed by atoms with Crippen molar-refractivity contribution in [2.45, 2.75) is 51.1 Å². The maximum atomic E-state index is 13.0. The van der Waals surface area contributed by atoms with Gasteiger partial charge in [0.05, 0.1) is 11.4 Å². The molecule has 2 heterocycles. The number of hydrogen-bond donors (Lipinski definition) is 1. The quantitative estimate of drug-likeness (QED) is 0.365. The summed E-state index contributed by atoms with van der Waals surface area (Å²) in [7, 11) is 0. The van der Waals surface area contributed by atoms with Crippen molar-refractivity contribution in [1.29, 1.82) is 0 Å². The fourth-order valence-electron chi connectivity index (χ4n) is 4.46. The fourth-order valence-corrected chi connectivity index (χ4v) is 5.43. The second-order valence-corrected chi connectivity index (χ2v) is 10.3. The second kappa shape index (κ2) is 11.9. The molecule has 0 bridgehead atoms. The van der Waals surface area contributed by atoms with Crippen LogP contribution in [0.3, 0.4) is 0 Å². The third-order valence-corrected chi connectivity index (χ3v) is 7.49. The Morgan fingerprint density at radius 2 is 1.71 bits per heavy atom. The molecule has 4 rings (SSSR count). The zero-order chi connectivity index (χ0) is 27.3. The van der Waals surface area contributed by atoms with Gasteiger partial charge in [-0.1, -0.05) is 42.5 Å². The summed E-state index contributed by atoms with van der Waals surface area (Å²) in [6.45, 7) is 2.67. The Bertz CT molecular complexity index is 1300. The van der Waals surface area contributed by atoms with E-state index in [0.717, 1.165) is 17.8 Å². The number of aromatic nitrogens is 1. The van der Waals surface area contributed by atoms with Crippen LogP contribution in [0.25, 0.3) is 11.1 Å². The van der Waals surface area contributed by atoms with Crippen LogP contribution in [0.15, 0.2) is 53.9 Å². The summed E-state index contributed by atoms with van der Waals surface area (Å²) in [5, 5.41) is 5.44. The fraction of sp³-hybridized carbons (Fsp3) is 0.357. The standard InChI is InChI=1S/C28H28F3N3O3S/c1-18(35)6-11-25(36)34-14-12-21(13-15-34)27-33-24(17-38-27)26(37)32-23-5-3-2-4-22(23)20-9-7-19(8-10-20)16-28(29,30)31/h2-5,7-10,17,21H,6,11-16H2,1H3,(H,32,37). The van der Waals surface area contributed by atoms with Gasteiger partial charge in [-0.2, -0.15) is 13.2 Å². The predicted octanol–water partition coefficient (Wildman–Crippen LogP) is 6.24. The van der Waals surface area contributed by atoms with Crippen LogP contribution in [0.5, 0.6) is 0 Å². The molecule has 1 aliphatic heterocycles. The molecule has 0 saturated carbocycles. The molecule has 1 N–H and O–H groups in total. The Hall–Kier alpha value is -3.53. The van der Waals surface area contributed by atoms with Gasteiger partial charge in [0.2, 0.25) is 5.91 Å². The molecule has 10 heteroatoms. The molecule has 1 saturated heterocycles. The summed E-state index contributed by atoms with van der Waals surface area (Å²) in [6.07, 6.45) is -3.28. The maximum Gasteiger partial charge on any atom is 0.393 e. The van der Waals surface area contributed by atoms with Gasteiger partial charge in [0, 0.05) is 48.5 Å². The van der Waals surface area contributed by atoms with Gasteiger partial charge in [0.25, 0.3) is 5.91 Å². The lowest BCUT2D eigenvalue weighted by atomic mass is 9.97. The van der Waals surface area contributed by atoms with Gasteiger partial charge < -0.3 is 15.0 Å². The number of alkyl halides is 3. The summed E-state index contributed by atoms with van der Waals surface area (Å²) in [6, 6.07) is 13.2. The van der Waals surface area contributed by atoms with Crippen LogP contribution in [-0.2, 0) is 16.0 Å². The van der Waals surface area contributed by atoms with Crippen molar-refractivity contribution < 1.29 is 27.6 Å². The van der Waals surface area contributed by atoms with E-state index in [1.54, 1.807) is 46.7 Å². The van der Waals surface area contributed by atoms with Crippen LogP contribution in [0, 0.1) is 0 Å². The monoisotopic (exact) mass is 543 g/mol. The van der Waals surface area contributed by atoms with Gasteiger partial charge in [-0.05, 0) is 37.0 Å². The number of Topliss-reactive ketones (excluding diaryl/α,β-unsaturated/α-hetero) is 1. The minimum atomic E-state index is -4.27. The molecule has 0 spiro atoms. The summed E-state index contributed by atoms with van der Waals surface area (Å²) in [4.78, 5) is 42.8. The Morgan fingerprint density at radius 1 is 1.03 bits per heavy atom. The second-order valence-electron chi connectivity index (χ2n) is 9.42. The highest BCUT2D eigenvalue weighted by atomic mass is 32.1. The summed E-state index contributed by atoms with van der Waals surface area (Å²) in [5.41, 5.74) is 2.38. The van der Waals surface area contributed by atoms with Crippen LogP contribution >= 0.6 is 11.3 Å². The summed E-state index contributed by atoms with van der Waals surface area (Å²) in [5.74, 6) is -0.221. The van der Waals surface area contributed by atoms with Gasteiger partial charge in [0.15, 0.2) is 0 Å². The number of benzene rings is 2. The molecule has 6 nitrogen and oxygen atoms in total. The van der Waals surface area contributed by atoms with Crippen molar-refractivity contribution >= 4 is 34.6 Å². The lowest BCUT2D eigenvalue weighted by Crippen LogP contribution is -2.38. The van der Waals surface area contributed by atoms with E-state index in [4.69, 9.17) is 0 Å². The average Bonchev–Trinajstić information content (AvgIpc) is 3.38. The number of likely N-dealkylation sites (tertiary alicyclic amines) is 1. The lowest BCUT2D eigenvalue weighted by molar-refractivity contribution is -0.134. The molecule has 3 aromatic rings. The van der Waals surface area contributed by atoms with E-state index in [1.807, 2.05) is 0 Å². The first-order valence-corrected chi connectivity index (χ1v) is 13.3. The molecule has 0 atom stereocenters. The molecule has 200 valence electrons. The van der Waals surface area contributed by atoms with E-state index >= 15 is 0 Å². The zero-order valence-electron chi connectivity index (χ0n) is 20.9. The van der Waals surface area contributed by atoms with Crippen molar-refractivity contribution in [2.75, 3.05) is 18.4 Å².